The van der Waals surface area contributed by atoms with E-state index < -0.39 is 0 Å². The highest BCUT2D eigenvalue weighted by molar-refractivity contribution is 7.13. The number of amides is 2. The molecule has 0 bridgehead atoms. The molecule has 2 aromatic heterocycles. The number of nitrogens with one attached hydrogen (secondary N) is 1. The average molecular weight is 435 g/mol. The van der Waals surface area contributed by atoms with Gasteiger partial charge in [-0.1, -0.05) is 25.5 Å². The lowest BCUT2D eigenvalue weighted by Crippen LogP contribution is -2.32. The molecule has 1 aromatic carbocycles. The largest absolute Gasteiger partial charge is 0.350 e. The number of hydrogen-bond donors (Lipinski definition) is 1. The summed E-state index contributed by atoms with van der Waals surface area (Å²) in [5.74, 6) is -0.455. The van der Waals surface area contributed by atoms with Crippen LogP contribution < -0.4 is 10.2 Å². The Morgan fingerprint density at radius 3 is 2.84 bits per heavy atom. The average Bonchev–Trinajstić information content (AvgIpc) is 3.44. The summed E-state index contributed by atoms with van der Waals surface area (Å²) in [5, 5.41) is 5.76. The lowest BCUT2D eigenvalue weighted by molar-refractivity contribution is -0.126. The van der Waals surface area contributed by atoms with Gasteiger partial charge in [-0.05, 0) is 42.7 Å². The molecule has 0 saturated carbocycles. The Labute approximate surface area is 186 Å². The number of benzene rings is 1. The molecule has 1 fully saturated rings. The number of anilines is 1. The number of unbranched alkanes of at least 4 members (excludes halogenated alkanes) is 1. The minimum Gasteiger partial charge on any atom is -0.350 e. The maximum Gasteiger partial charge on any atom is 0.227 e. The number of nitrogens with zero attached hydrogens (tertiary/aromatic N) is 3. The van der Waals surface area contributed by atoms with Crippen molar-refractivity contribution in [3.8, 4) is 10.6 Å². The van der Waals surface area contributed by atoms with Crippen LogP contribution in [0.3, 0.4) is 0 Å². The highest BCUT2D eigenvalue weighted by atomic mass is 32.1. The fourth-order valence-corrected chi connectivity index (χ4v) is 4.50. The number of aryl methyl sites for hydroxylation is 1. The molecule has 6 nitrogen and oxygen atoms in total. The number of thiazole rings is 1. The summed E-state index contributed by atoms with van der Waals surface area (Å²) in [7, 11) is 0. The first kappa shape index (κ1) is 21.2. The summed E-state index contributed by atoms with van der Waals surface area (Å²) in [6, 6.07) is 12.0. The quantitative estimate of drug-likeness (QED) is 0.576. The maximum atomic E-state index is 12.7. The molecule has 1 atom stereocenters. The van der Waals surface area contributed by atoms with Crippen molar-refractivity contribution in [3.05, 3.63) is 65.4 Å². The van der Waals surface area contributed by atoms with Gasteiger partial charge in [0.25, 0.3) is 0 Å². The fraction of sp³-hybridized carbons (Fsp3) is 0.333. The van der Waals surface area contributed by atoms with E-state index in [2.05, 4.69) is 34.3 Å². The van der Waals surface area contributed by atoms with Crippen LogP contribution in [0.4, 0.5) is 5.69 Å². The van der Waals surface area contributed by atoms with E-state index in [0.717, 1.165) is 41.2 Å². The number of rotatable bonds is 8. The molecule has 4 rings (SSSR count). The van der Waals surface area contributed by atoms with E-state index >= 15 is 0 Å². The fourth-order valence-electron chi connectivity index (χ4n) is 3.69. The summed E-state index contributed by atoms with van der Waals surface area (Å²) >= 11 is 1.53. The second kappa shape index (κ2) is 9.83. The van der Waals surface area contributed by atoms with Crippen molar-refractivity contribution in [2.45, 2.75) is 39.2 Å². The van der Waals surface area contributed by atoms with Crippen molar-refractivity contribution >= 4 is 28.8 Å². The predicted molar refractivity (Wildman–Crippen MR) is 123 cm³/mol. The van der Waals surface area contributed by atoms with Crippen molar-refractivity contribution in [1.82, 2.24) is 15.3 Å². The molecule has 1 saturated heterocycles. The van der Waals surface area contributed by atoms with Crippen LogP contribution in [0, 0.1) is 5.92 Å². The van der Waals surface area contributed by atoms with E-state index in [9.17, 15) is 9.59 Å². The Kier molecular flexibility index (Phi) is 6.72. The lowest BCUT2D eigenvalue weighted by Gasteiger charge is -2.17. The third kappa shape index (κ3) is 5.17. The van der Waals surface area contributed by atoms with Gasteiger partial charge in [0.05, 0.1) is 18.2 Å². The first-order chi connectivity index (χ1) is 15.1. The van der Waals surface area contributed by atoms with Crippen LogP contribution in [0.1, 0.15) is 37.4 Å². The van der Waals surface area contributed by atoms with E-state index in [1.54, 1.807) is 17.3 Å². The smallest absolute Gasteiger partial charge is 0.227 e. The zero-order valence-electron chi connectivity index (χ0n) is 17.6. The predicted octanol–water partition coefficient (Wildman–Crippen LogP) is 4.22. The highest BCUT2D eigenvalue weighted by Gasteiger charge is 2.35. The third-order valence-electron chi connectivity index (χ3n) is 5.47. The van der Waals surface area contributed by atoms with Crippen molar-refractivity contribution in [2.75, 3.05) is 11.4 Å². The summed E-state index contributed by atoms with van der Waals surface area (Å²) in [5.41, 5.74) is 3.91. The van der Waals surface area contributed by atoms with Gasteiger partial charge in [-0.15, -0.1) is 11.3 Å². The van der Waals surface area contributed by atoms with Crippen LogP contribution in [0.25, 0.3) is 10.6 Å². The molecule has 2 amide bonds. The van der Waals surface area contributed by atoms with Crippen LogP contribution in [0.15, 0.2) is 54.2 Å². The molecular formula is C24H26N4O2S. The molecule has 160 valence electrons. The van der Waals surface area contributed by atoms with Gasteiger partial charge < -0.3 is 10.2 Å². The first-order valence-corrected chi connectivity index (χ1v) is 11.5. The summed E-state index contributed by atoms with van der Waals surface area (Å²) in [4.78, 5) is 35.6. The normalized spacial score (nSPS) is 16.0. The van der Waals surface area contributed by atoms with Crippen molar-refractivity contribution < 1.29 is 9.59 Å². The Balaban J connectivity index is 1.32. The minimum atomic E-state index is -0.344. The summed E-state index contributed by atoms with van der Waals surface area (Å²) in [6.45, 7) is 2.94. The zero-order valence-corrected chi connectivity index (χ0v) is 18.4. The van der Waals surface area contributed by atoms with Gasteiger partial charge >= 0.3 is 0 Å². The van der Waals surface area contributed by atoms with Crippen LogP contribution in [-0.2, 0) is 22.6 Å². The van der Waals surface area contributed by atoms with Crippen molar-refractivity contribution in [2.24, 2.45) is 5.92 Å². The summed E-state index contributed by atoms with van der Waals surface area (Å²) < 4.78 is 0. The molecule has 1 unspecified atom stereocenters. The van der Waals surface area contributed by atoms with Gasteiger partial charge in [-0.3, -0.25) is 14.6 Å². The van der Waals surface area contributed by atoms with Crippen LogP contribution in [0.5, 0.6) is 0 Å². The number of hydrogen-bond acceptors (Lipinski definition) is 5. The molecule has 0 radical (unpaired) electrons. The molecule has 1 aliphatic heterocycles. The standard InChI is InChI=1S/C24H26N4O2S/c1-2-3-5-17-7-9-21(10-8-17)28-15-19(12-22(28)29)23(30)26-14-20-16-31-24(27-20)18-6-4-11-25-13-18/h4,6-11,13,16,19H,2-3,5,12,14-15H2,1H3,(H,26,30). The number of aromatic nitrogens is 2. The molecule has 1 aliphatic rings. The maximum absolute atomic E-state index is 12.7. The topological polar surface area (TPSA) is 75.2 Å². The Morgan fingerprint density at radius 2 is 2.10 bits per heavy atom. The molecule has 0 spiro atoms. The van der Waals surface area contributed by atoms with Gasteiger partial charge in [-0.2, -0.15) is 0 Å². The van der Waals surface area contributed by atoms with Gasteiger partial charge in [0.2, 0.25) is 11.8 Å². The van der Waals surface area contributed by atoms with Crippen molar-refractivity contribution in [3.63, 3.8) is 0 Å². The van der Waals surface area contributed by atoms with E-state index in [4.69, 9.17) is 0 Å². The molecule has 0 aliphatic carbocycles. The molecule has 7 heteroatoms. The van der Waals surface area contributed by atoms with Gasteiger partial charge in [-0.25, -0.2) is 4.98 Å². The first-order valence-electron chi connectivity index (χ1n) is 10.7. The van der Waals surface area contributed by atoms with Gasteiger partial charge in [0.1, 0.15) is 5.01 Å². The number of carbonyl (C=O) groups is 2. The Morgan fingerprint density at radius 1 is 1.26 bits per heavy atom. The second-order valence-corrected chi connectivity index (χ2v) is 8.64. The Bertz CT molecular complexity index is 1030. The third-order valence-corrected chi connectivity index (χ3v) is 6.41. The molecule has 31 heavy (non-hydrogen) atoms. The van der Waals surface area contributed by atoms with Crippen molar-refractivity contribution in [1.29, 1.82) is 0 Å². The van der Waals surface area contributed by atoms with Crippen LogP contribution >= 0.6 is 11.3 Å². The Hall–Kier alpha value is -3.06. The van der Waals surface area contributed by atoms with E-state index in [0.29, 0.717) is 13.1 Å². The number of carbonyl (C=O) groups excluding carboxylic acids is 2. The van der Waals surface area contributed by atoms with Gasteiger partial charge in [0.15, 0.2) is 0 Å². The van der Waals surface area contributed by atoms with E-state index in [-0.39, 0.29) is 24.2 Å². The molecule has 3 aromatic rings. The summed E-state index contributed by atoms with van der Waals surface area (Å²) in [6.07, 6.45) is 7.11. The van der Waals surface area contributed by atoms with E-state index in [1.807, 2.05) is 29.6 Å². The molecular weight excluding hydrogens is 408 g/mol. The number of pyridine rings is 1. The highest BCUT2D eigenvalue weighted by Crippen LogP contribution is 2.26. The second-order valence-electron chi connectivity index (χ2n) is 7.78. The lowest BCUT2D eigenvalue weighted by atomic mass is 10.1. The minimum absolute atomic E-state index is 0.00557. The van der Waals surface area contributed by atoms with Crippen LogP contribution in [0.2, 0.25) is 0 Å². The van der Waals surface area contributed by atoms with E-state index in [1.165, 1.54) is 16.9 Å². The van der Waals surface area contributed by atoms with Gasteiger partial charge in [0, 0.05) is 42.0 Å². The van der Waals surface area contributed by atoms with Crippen LogP contribution in [-0.4, -0.2) is 28.3 Å². The SMILES string of the molecule is CCCCc1ccc(N2CC(C(=O)NCc3csc(-c4cccnc4)n3)CC2=O)cc1. The molecule has 3 heterocycles. The monoisotopic (exact) mass is 434 g/mol. The zero-order chi connectivity index (χ0) is 21.6. The molecule has 1 N–H and O–H groups in total.